The second-order valence-corrected chi connectivity index (χ2v) is 9.28. The number of ether oxygens (including phenoxy) is 1. The number of rotatable bonds is 8. The van der Waals surface area contributed by atoms with Crippen LogP contribution in [-0.4, -0.2) is 56.6 Å². The lowest BCUT2D eigenvalue weighted by atomic mass is 9.79. The summed E-state index contributed by atoms with van der Waals surface area (Å²) in [4.78, 5) is 18.4. The number of morpholine rings is 1. The highest BCUT2D eigenvalue weighted by atomic mass is 16.5. The zero-order chi connectivity index (χ0) is 22.6. The van der Waals surface area contributed by atoms with Gasteiger partial charge >= 0.3 is 0 Å². The molecular weight excluding hydrogens is 384 g/mol. The van der Waals surface area contributed by atoms with Crippen LogP contribution in [0.3, 0.4) is 0 Å². The summed E-state index contributed by atoms with van der Waals surface area (Å²) in [5, 5.41) is 0. The van der Waals surface area contributed by atoms with Crippen molar-refractivity contribution in [3.05, 3.63) is 64.7 Å². The van der Waals surface area contributed by atoms with E-state index in [1.807, 2.05) is 20.2 Å². The Balaban J connectivity index is 1.90. The molecule has 1 fully saturated rings. The van der Waals surface area contributed by atoms with E-state index in [4.69, 9.17) is 4.74 Å². The van der Waals surface area contributed by atoms with Crippen LogP contribution in [0.15, 0.2) is 42.5 Å². The lowest BCUT2D eigenvalue weighted by Crippen LogP contribution is -2.52. The molecule has 2 aromatic rings. The third-order valence-corrected chi connectivity index (χ3v) is 6.84. The fourth-order valence-electron chi connectivity index (χ4n) is 4.57. The van der Waals surface area contributed by atoms with Crippen LogP contribution in [0.5, 0.6) is 0 Å². The molecule has 0 aliphatic carbocycles. The second-order valence-electron chi connectivity index (χ2n) is 9.28. The van der Waals surface area contributed by atoms with Gasteiger partial charge in [-0.05, 0) is 74.7 Å². The van der Waals surface area contributed by atoms with E-state index in [1.165, 1.54) is 16.8 Å². The van der Waals surface area contributed by atoms with Gasteiger partial charge in [0.2, 0.25) is 0 Å². The predicted molar refractivity (Wildman–Crippen MR) is 129 cm³/mol. The van der Waals surface area contributed by atoms with E-state index in [0.29, 0.717) is 12.3 Å². The van der Waals surface area contributed by atoms with E-state index >= 15 is 0 Å². The molecule has 0 aromatic heterocycles. The zero-order valence-corrected chi connectivity index (χ0v) is 20.1. The molecule has 0 N–H and O–H groups in total. The summed E-state index contributed by atoms with van der Waals surface area (Å²) in [6.07, 6.45) is 1.47. The zero-order valence-electron chi connectivity index (χ0n) is 20.1. The quantitative estimate of drug-likeness (QED) is 0.555. The molecule has 3 rings (SSSR count). The minimum atomic E-state index is -0.565. The molecule has 1 atom stereocenters. The van der Waals surface area contributed by atoms with Crippen molar-refractivity contribution in [3.63, 3.8) is 0 Å². The standard InChI is InChI=1S/C27H38N2O2/c1-7-27(28(5)6,19-22-8-10-23(11-9-22)20(2)3)26(30)25-13-12-24(18-21(25)4)29-14-16-31-17-15-29/h8-13,18,20H,7,14-17,19H2,1-6H3. The number of hydrogen-bond donors (Lipinski definition) is 0. The minimum Gasteiger partial charge on any atom is -0.378 e. The van der Waals surface area contributed by atoms with Crippen LogP contribution in [0.2, 0.25) is 0 Å². The van der Waals surface area contributed by atoms with Crippen molar-refractivity contribution < 1.29 is 9.53 Å². The van der Waals surface area contributed by atoms with Crippen LogP contribution >= 0.6 is 0 Å². The number of hydrogen-bond acceptors (Lipinski definition) is 4. The van der Waals surface area contributed by atoms with Crippen molar-refractivity contribution >= 4 is 11.5 Å². The van der Waals surface area contributed by atoms with E-state index in [-0.39, 0.29) is 5.78 Å². The Labute approximate surface area is 188 Å². The molecule has 31 heavy (non-hydrogen) atoms. The maximum atomic E-state index is 14.0. The fraction of sp³-hybridized carbons (Fsp3) is 0.519. The van der Waals surface area contributed by atoms with Gasteiger partial charge in [-0.3, -0.25) is 9.69 Å². The monoisotopic (exact) mass is 422 g/mol. The molecule has 1 saturated heterocycles. The largest absolute Gasteiger partial charge is 0.378 e. The Hall–Kier alpha value is -2.17. The first-order valence-electron chi connectivity index (χ1n) is 11.5. The average Bonchev–Trinajstić information content (AvgIpc) is 2.77. The summed E-state index contributed by atoms with van der Waals surface area (Å²) in [5.74, 6) is 0.715. The normalized spacial score (nSPS) is 16.6. The van der Waals surface area contributed by atoms with Crippen LogP contribution in [-0.2, 0) is 11.2 Å². The van der Waals surface area contributed by atoms with Gasteiger partial charge in [0, 0.05) is 24.3 Å². The van der Waals surface area contributed by atoms with E-state index in [0.717, 1.165) is 43.9 Å². The molecule has 0 radical (unpaired) electrons. The third-order valence-electron chi connectivity index (χ3n) is 6.84. The van der Waals surface area contributed by atoms with E-state index in [1.54, 1.807) is 0 Å². The second kappa shape index (κ2) is 9.97. The molecule has 0 amide bonds. The number of aryl methyl sites for hydroxylation is 1. The number of ketones is 1. The molecule has 1 aliphatic heterocycles. The Morgan fingerprint density at radius 3 is 2.26 bits per heavy atom. The highest BCUT2D eigenvalue weighted by Crippen LogP contribution is 2.31. The summed E-state index contributed by atoms with van der Waals surface area (Å²) in [5.41, 5.74) is 5.01. The lowest BCUT2D eigenvalue weighted by molar-refractivity contribution is 0.0665. The number of benzene rings is 2. The first-order valence-corrected chi connectivity index (χ1v) is 11.5. The smallest absolute Gasteiger partial charge is 0.183 e. The SMILES string of the molecule is CCC(Cc1ccc(C(C)C)cc1)(C(=O)c1ccc(N2CCOCC2)cc1C)N(C)C. The van der Waals surface area contributed by atoms with E-state index in [2.05, 4.69) is 73.9 Å². The maximum absolute atomic E-state index is 14.0. The highest BCUT2D eigenvalue weighted by Gasteiger charge is 2.40. The van der Waals surface area contributed by atoms with Gasteiger partial charge in [-0.2, -0.15) is 0 Å². The van der Waals surface area contributed by atoms with Gasteiger partial charge in [0.1, 0.15) is 0 Å². The number of Topliss-reactive ketones (excluding diaryl/α,β-unsaturated/α-hetero) is 1. The molecule has 0 saturated carbocycles. The van der Waals surface area contributed by atoms with Gasteiger partial charge in [0.05, 0.1) is 18.8 Å². The lowest BCUT2D eigenvalue weighted by Gasteiger charge is -2.39. The summed E-state index contributed by atoms with van der Waals surface area (Å²) in [6, 6.07) is 15.0. The Kier molecular flexibility index (Phi) is 7.55. The van der Waals surface area contributed by atoms with Crippen molar-refractivity contribution in [3.8, 4) is 0 Å². The molecule has 1 aliphatic rings. The summed E-state index contributed by atoms with van der Waals surface area (Å²) >= 11 is 0. The number of carbonyl (C=O) groups is 1. The average molecular weight is 423 g/mol. The number of anilines is 1. The molecular formula is C27H38N2O2. The van der Waals surface area contributed by atoms with Crippen molar-refractivity contribution in [2.24, 2.45) is 0 Å². The molecule has 2 aromatic carbocycles. The molecule has 0 spiro atoms. The molecule has 4 nitrogen and oxygen atoms in total. The molecule has 4 heteroatoms. The van der Waals surface area contributed by atoms with Crippen LogP contribution in [0.4, 0.5) is 5.69 Å². The predicted octanol–water partition coefficient (Wildman–Crippen LogP) is 5.09. The van der Waals surface area contributed by atoms with Crippen LogP contribution in [0.1, 0.15) is 60.2 Å². The first kappa shape index (κ1) is 23.5. The summed E-state index contributed by atoms with van der Waals surface area (Å²) in [7, 11) is 4.06. The first-order chi connectivity index (χ1) is 14.8. The molecule has 1 unspecified atom stereocenters. The van der Waals surface area contributed by atoms with Crippen molar-refractivity contribution in [2.45, 2.75) is 52.0 Å². The number of nitrogens with zero attached hydrogens (tertiary/aromatic N) is 2. The minimum absolute atomic E-state index is 0.207. The van der Waals surface area contributed by atoms with Crippen molar-refractivity contribution in [1.29, 1.82) is 0 Å². The van der Waals surface area contributed by atoms with Gasteiger partial charge in [-0.25, -0.2) is 0 Å². The van der Waals surface area contributed by atoms with Crippen LogP contribution in [0, 0.1) is 6.92 Å². The van der Waals surface area contributed by atoms with Gasteiger partial charge < -0.3 is 9.64 Å². The van der Waals surface area contributed by atoms with Gasteiger partial charge in [0.25, 0.3) is 0 Å². The summed E-state index contributed by atoms with van der Waals surface area (Å²) < 4.78 is 5.47. The maximum Gasteiger partial charge on any atom is 0.183 e. The van der Waals surface area contributed by atoms with Gasteiger partial charge in [-0.1, -0.05) is 45.0 Å². The van der Waals surface area contributed by atoms with Crippen molar-refractivity contribution in [1.82, 2.24) is 4.90 Å². The third kappa shape index (κ3) is 5.02. The van der Waals surface area contributed by atoms with Crippen LogP contribution in [0.25, 0.3) is 0 Å². The Bertz CT molecular complexity index is 883. The highest BCUT2D eigenvalue weighted by molar-refractivity contribution is 6.04. The topological polar surface area (TPSA) is 32.8 Å². The fourth-order valence-corrected chi connectivity index (χ4v) is 4.57. The van der Waals surface area contributed by atoms with E-state index in [9.17, 15) is 4.79 Å². The molecule has 1 heterocycles. The molecule has 0 bridgehead atoms. The number of carbonyl (C=O) groups excluding carboxylic acids is 1. The van der Waals surface area contributed by atoms with Gasteiger partial charge in [-0.15, -0.1) is 0 Å². The Morgan fingerprint density at radius 1 is 1.10 bits per heavy atom. The molecule has 168 valence electrons. The van der Waals surface area contributed by atoms with Crippen molar-refractivity contribution in [2.75, 3.05) is 45.3 Å². The van der Waals surface area contributed by atoms with E-state index < -0.39 is 5.54 Å². The van der Waals surface area contributed by atoms with Crippen LogP contribution < -0.4 is 4.90 Å². The number of likely N-dealkylation sites (N-methyl/N-ethyl adjacent to an activating group) is 1. The Morgan fingerprint density at radius 2 is 1.74 bits per heavy atom. The summed E-state index contributed by atoms with van der Waals surface area (Å²) in [6.45, 7) is 11.9. The van der Waals surface area contributed by atoms with Gasteiger partial charge in [0.15, 0.2) is 5.78 Å².